The summed E-state index contributed by atoms with van der Waals surface area (Å²) in [4.78, 5) is 4.60. The van der Waals surface area contributed by atoms with Crippen LogP contribution in [0.1, 0.15) is 19.4 Å². The van der Waals surface area contributed by atoms with E-state index in [-0.39, 0.29) is 5.82 Å². The van der Waals surface area contributed by atoms with Gasteiger partial charge in [-0.25, -0.2) is 4.39 Å². The Balaban J connectivity index is 2.67. The van der Waals surface area contributed by atoms with Crippen LogP contribution in [0.3, 0.4) is 0 Å². The van der Waals surface area contributed by atoms with Gasteiger partial charge < -0.3 is 0 Å². The fraction of sp³-hybridized carbons (Fsp3) is 0.250. The van der Waals surface area contributed by atoms with Crippen LogP contribution in [-0.2, 0) is 0 Å². The zero-order valence-corrected chi connectivity index (χ0v) is 9.36. The van der Waals surface area contributed by atoms with E-state index >= 15 is 0 Å². The van der Waals surface area contributed by atoms with Crippen molar-refractivity contribution in [1.29, 1.82) is 0 Å². The van der Waals surface area contributed by atoms with Gasteiger partial charge in [-0.15, -0.1) is 6.42 Å². The van der Waals surface area contributed by atoms with Crippen molar-refractivity contribution in [1.82, 2.24) is 0 Å². The van der Waals surface area contributed by atoms with Gasteiger partial charge in [-0.3, -0.25) is 4.99 Å². The lowest BCUT2D eigenvalue weighted by Gasteiger charge is -2.26. The third kappa shape index (κ3) is 1.78. The lowest BCUT2D eigenvalue weighted by molar-refractivity contribution is 0.597. The molecular weight excluding hydrogens is 209 g/mol. The van der Waals surface area contributed by atoms with Crippen LogP contribution in [0.25, 0.3) is 0 Å². The van der Waals surface area contributed by atoms with Crippen LogP contribution >= 0.6 is 11.8 Å². The number of fused-ring (bicyclic) bond motifs is 1. The van der Waals surface area contributed by atoms with Gasteiger partial charge in [0.2, 0.25) is 0 Å². The van der Waals surface area contributed by atoms with E-state index in [1.54, 1.807) is 12.1 Å². The standard InChI is InChI=1S/C12H10FNS/c1-4-10-8-6-5-7-9(13)11(8)15-12(2,3)14-10/h1,5-7H,2-3H3. The normalized spacial score (nSPS) is 17.6. The van der Waals surface area contributed by atoms with Crippen molar-refractivity contribution in [3.63, 3.8) is 0 Å². The Kier molecular flexibility index (Phi) is 2.32. The van der Waals surface area contributed by atoms with Crippen LogP contribution in [-0.4, -0.2) is 10.6 Å². The molecule has 15 heavy (non-hydrogen) atoms. The molecule has 1 aliphatic heterocycles. The monoisotopic (exact) mass is 219 g/mol. The van der Waals surface area contributed by atoms with Crippen LogP contribution in [0.4, 0.5) is 4.39 Å². The third-order valence-electron chi connectivity index (χ3n) is 2.09. The molecule has 1 aliphatic rings. The smallest absolute Gasteiger partial charge is 0.137 e. The molecule has 0 atom stereocenters. The van der Waals surface area contributed by atoms with E-state index in [9.17, 15) is 4.39 Å². The minimum Gasteiger partial charge on any atom is -0.258 e. The number of thioether (sulfide) groups is 1. The summed E-state index contributed by atoms with van der Waals surface area (Å²) in [7, 11) is 0. The van der Waals surface area contributed by atoms with Gasteiger partial charge in [0.1, 0.15) is 16.4 Å². The molecule has 0 aromatic heterocycles. The van der Waals surface area contributed by atoms with E-state index in [2.05, 4.69) is 10.9 Å². The first-order valence-electron chi connectivity index (χ1n) is 4.58. The summed E-state index contributed by atoms with van der Waals surface area (Å²) in [6, 6.07) is 4.90. The topological polar surface area (TPSA) is 12.4 Å². The number of nitrogens with zero attached hydrogens (tertiary/aromatic N) is 1. The van der Waals surface area contributed by atoms with Crippen LogP contribution in [0.5, 0.6) is 0 Å². The second-order valence-electron chi connectivity index (χ2n) is 3.77. The molecule has 0 aliphatic carbocycles. The van der Waals surface area contributed by atoms with Crippen LogP contribution < -0.4 is 0 Å². The zero-order valence-electron chi connectivity index (χ0n) is 8.54. The van der Waals surface area contributed by atoms with E-state index in [0.717, 1.165) is 5.56 Å². The van der Waals surface area contributed by atoms with Crippen molar-refractivity contribution in [3.05, 3.63) is 29.6 Å². The molecule has 0 N–H and O–H groups in total. The molecule has 0 amide bonds. The molecule has 1 aromatic carbocycles. The highest BCUT2D eigenvalue weighted by atomic mass is 32.2. The number of hydrogen-bond acceptors (Lipinski definition) is 2. The summed E-state index contributed by atoms with van der Waals surface area (Å²) in [6.07, 6.45) is 5.38. The van der Waals surface area contributed by atoms with E-state index < -0.39 is 4.87 Å². The van der Waals surface area contributed by atoms with E-state index in [1.165, 1.54) is 17.8 Å². The van der Waals surface area contributed by atoms with E-state index in [4.69, 9.17) is 6.42 Å². The summed E-state index contributed by atoms with van der Waals surface area (Å²) in [5.41, 5.74) is 1.26. The molecule has 0 radical (unpaired) electrons. The quantitative estimate of drug-likeness (QED) is 0.611. The van der Waals surface area contributed by atoms with Crippen LogP contribution in [0.15, 0.2) is 28.1 Å². The average molecular weight is 219 g/mol. The molecule has 76 valence electrons. The summed E-state index contributed by atoms with van der Waals surface area (Å²) >= 11 is 1.40. The van der Waals surface area contributed by atoms with Crippen molar-refractivity contribution < 1.29 is 4.39 Å². The Bertz CT molecular complexity index is 483. The summed E-state index contributed by atoms with van der Waals surface area (Å²) in [6.45, 7) is 3.84. The number of terminal acetylenes is 1. The summed E-state index contributed by atoms with van der Waals surface area (Å²) in [5.74, 6) is 2.28. The van der Waals surface area contributed by atoms with Gasteiger partial charge in [0.25, 0.3) is 0 Å². The van der Waals surface area contributed by atoms with Crippen molar-refractivity contribution in [3.8, 4) is 12.3 Å². The lowest BCUT2D eigenvalue weighted by atomic mass is 10.1. The molecule has 1 nitrogen and oxygen atoms in total. The molecule has 0 saturated carbocycles. The SMILES string of the molecule is C#CC1=NC(C)(C)Sc2c(F)cccc21. The second kappa shape index (κ2) is 3.39. The molecule has 3 heteroatoms. The molecule has 0 bridgehead atoms. The molecule has 0 spiro atoms. The van der Waals surface area contributed by atoms with Gasteiger partial charge in [-0.05, 0) is 25.8 Å². The van der Waals surface area contributed by atoms with Crippen molar-refractivity contribution >= 4 is 17.5 Å². The first-order valence-corrected chi connectivity index (χ1v) is 5.39. The van der Waals surface area contributed by atoms with Gasteiger partial charge in [0.05, 0.1) is 4.90 Å². The van der Waals surface area contributed by atoms with E-state index in [0.29, 0.717) is 10.6 Å². The Morgan fingerprint density at radius 1 is 1.47 bits per heavy atom. The fourth-order valence-electron chi connectivity index (χ4n) is 1.51. The highest BCUT2D eigenvalue weighted by molar-refractivity contribution is 8.00. The Labute approximate surface area is 92.8 Å². The van der Waals surface area contributed by atoms with Gasteiger partial charge in [-0.2, -0.15) is 0 Å². The maximum atomic E-state index is 13.6. The second-order valence-corrected chi connectivity index (χ2v) is 5.38. The maximum Gasteiger partial charge on any atom is 0.137 e. The number of halogens is 1. The highest BCUT2D eigenvalue weighted by Gasteiger charge is 2.28. The average Bonchev–Trinajstić information content (AvgIpc) is 2.17. The summed E-state index contributed by atoms with van der Waals surface area (Å²) < 4.78 is 13.6. The highest BCUT2D eigenvalue weighted by Crippen LogP contribution is 2.41. The molecular formula is C12H10FNS. The number of hydrogen-bond donors (Lipinski definition) is 0. The van der Waals surface area contributed by atoms with Crippen LogP contribution in [0, 0.1) is 18.2 Å². The summed E-state index contributed by atoms with van der Waals surface area (Å²) in [5, 5.41) is 0. The Morgan fingerprint density at radius 3 is 2.87 bits per heavy atom. The zero-order chi connectivity index (χ0) is 11.1. The predicted molar refractivity (Wildman–Crippen MR) is 61.7 cm³/mol. The molecule has 0 fully saturated rings. The minimum absolute atomic E-state index is 0.228. The van der Waals surface area contributed by atoms with Gasteiger partial charge in [0, 0.05) is 5.56 Å². The van der Waals surface area contributed by atoms with Gasteiger partial charge in [-0.1, -0.05) is 23.9 Å². The minimum atomic E-state index is -0.392. The Hall–Kier alpha value is -1.27. The maximum absolute atomic E-state index is 13.6. The molecule has 2 rings (SSSR count). The van der Waals surface area contributed by atoms with Crippen molar-refractivity contribution in [2.75, 3.05) is 0 Å². The third-order valence-corrected chi connectivity index (χ3v) is 3.30. The van der Waals surface area contributed by atoms with E-state index in [1.807, 2.05) is 13.8 Å². The molecule has 1 aromatic rings. The first-order chi connectivity index (χ1) is 7.03. The first kappa shape index (κ1) is 10.3. The Morgan fingerprint density at radius 2 is 2.20 bits per heavy atom. The number of rotatable bonds is 0. The molecule has 1 heterocycles. The molecule has 0 saturated heterocycles. The van der Waals surface area contributed by atoms with Gasteiger partial charge in [0.15, 0.2) is 0 Å². The lowest BCUT2D eigenvalue weighted by Crippen LogP contribution is -2.21. The van der Waals surface area contributed by atoms with Crippen molar-refractivity contribution in [2.45, 2.75) is 23.6 Å². The van der Waals surface area contributed by atoms with Crippen LogP contribution in [0.2, 0.25) is 0 Å². The van der Waals surface area contributed by atoms with Gasteiger partial charge >= 0.3 is 0 Å². The fourth-order valence-corrected chi connectivity index (χ4v) is 2.59. The molecule has 0 unspecified atom stereocenters. The number of benzene rings is 1. The van der Waals surface area contributed by atoms with Crippen molar-refractivity contribution in [2.24, 2.45) is 4.99 Å². The predicted octanol–water partition coefficient (Wildman–Crippen LogP) is 3.09. The largest absolute Gasteiger partial charge is 0.258 e. The number of aliphatic imine (C=N–C) groups is 1.